The normalized spacial score (nSPS) is 12.5. The number of nitriles is 2. The summed E-state index contributed by atoms with van der Waals surface area (Å²) in [6, 6.07) is 9.25. The average molecular weight is 410 g/mol. The summed E-state index contributed by atoms with van der Waals surface area (Å²) in [7, 11) is 3.18. The number of rotatable bonds is 5. The van der Waals surface area contributed by atoms with Gasteiger partial charge in [0.05, 0.1) is 20.0 Å². The molecule has 8 nitrogen and oxygen atoms in total. The van der Waals surface area contributed by atoms with Gasteiger partial charge in [-0.05, 0) is 35.7 Å². The molecule has 1 aliphatic rings. The Labute approximate surface area is 172 Å². The maximum Gasteiger partial charge on any atom is 0.289 e. The molecule has 1 aliphatic heterocycles. The van der Waals surface area contributed by atoms with Gasteiger partial charge in [-0.2, -0.15) is 10.5 Å². The van der Waals surface area contributed by atoms with Crippen molar-refractivity contribution in [1.82, 2.24) is 4.90 Å². The molecule has 0 bridgehead atoms. The zero-order valence-corrected chi connectivity index (χ0v) is 16.9. The molecule has 0 saturated heterocycles. The first-order valence-corrected chi connectivity index (χ1v) is 9.79. The first-order chi connectivity index (χ1) is 14.0. The van der Waals surface area contributed by atoms with E-state index < -0.39 is 0 Å². The van der Waals surface area contributed by atoms with E-state index in [-0.39, 0.29) is 28.6 Å². The van der Waals surface area contributed by atoms with Crippen LogP contribution in [0.4, 0.5) is 5.82 Å². The number of H-pyrrole nitrogens is 1. The number of ether oxygens (including phenoxy) is 2. The number of thioether (sulfide) groups is 1. The highest BCUT2D eigenvalue weighted by atomic mass is 32.2. The summed E-state index contributed by atoms with van der Waals surface area (Å²) < 4.78 is 10.7. The Morgan fingerprint density at radius 3 is 2.45 bits per heavy atom. The maximum absolute atomic E-state index is 12.7. The summed E-state index contributed by atoms with van der Waals surface area (Å²) in [6.45, 7) is 1.09. The largest absolute Gasteiger partial charge is 0.493 e. The fourth-order valence-electron chi connectivity index (χ4n) is 3.16. The van der Waals surface area contributed by atoms with Crippen LogP contribution in [0, 0.1) is 22.7 Å². The van der Waals surface area contributed by atoms with Gasteiger partial charge in [0.1, 0.15) is 23.3 Å². The number of aromatic nitrogens is 1. The van der Waals surface area contributed by atoms with Crippen LogP contribution >= 0.6 is 11.8 Å². The van der Waals surface area contributed by atoms with Gasteiger partial charge < -0.3 is 14.4 Å². The lowest BCUT2D eigenvalue weighted by atomic mass is 9.99. The lowest BCUT2D eigenvalue weighted by Crippen LogP contribution is -2.37. The van der Waals surface area contributed by atoms with Crippen LogP contribution in [0.5, 0.6) is 11.5 Å². The molecule has 2 heterocycles. The van der Waals surface area contributed by atoms with E-state index in [0.717, 1.165) is 17.5 Å². The number of amides is 1. The van der Waals surface area contributed by atoms with Gasteiger partial charge in [0.15, 0.2) is 16.5 Å². The van der Waals surface area contributed by atoms with Crippen molar-refractivity contribution in [2.45, 2.75) is 18.0 Å². The Kier molecular flexibility index (Phi) is 6.10. The van der Waals surface area contributed by atoms with E-state index in [0.29, 0.717) is 29.6 Å². The molecule has 0 fully saturated rings. The number of pyridine rings is 1. The zero-order valence-electron chi connectivity index (χ0n) is 16.1. The van der Waals surface area contributed by atoms with Gasteiger partial charge in [0, 0.05) is 13.1 Å². The number of nitrogen functional groups attached to an aromatic ring is 1. The number of hydrogen-bond acceptors (Lipinski definition) is 7. The number of nitrogens with one attached hydrogen (secondary N) is 1. The highest BCUT2D eigenvalue weighted by Gasteiger charge is 2.24. The molecule has 1 aromatic heterocycles. The number of fused-ring (bicyclic) bond motifs is 1. The van der Waals surface area contributed by atoms with Crippen LogP contribution in [0.1, 0.15) is 22.3 Å². The van der Waals surface area contributed by atoms with Crippen LogP contribution in [0.3, 0.4) is 0 Å². The van der Waals surface area contributed by atoms with Gasteiger partial charge in [-0.1, -0.05) is 11.8 Å². The Morgan fingerprint density at radius 2 is 1.83 bits per heavy atom. The third kappa shape index (κ3) is 4.20. The van der Waals surface area contributed by atoms with Gasteiger partial charge in [0.25, 0.3) is 5.82 Å². The Morgan fingerprint density at radius 1 is 1.17 bits per heavy atom. The molecule has 3 N–H and O–H groups in total. The number of carbonyl (C=O) groups is 1. The number of benzene rings is 1. The summed E-state index contributed by atoms with van der Waals surface area (Å²) >= 11 is 1.20. The van der Waals surface area contributed by atoms with E-state index in [1.54, 1.807) is 19.1 Å². The third-order valence-corrected chi connectivity index (χ3v) is 5.73. The molecule has 0 radical (unpaired) electrons. The Bertz CT molecular complexity index is 1040. The fraction of sp³-hybridized carbons (Fsp3) is 0.300. The van der Waals surface area contributed by atoms with Crippen molar-refractivity contribution >= 4 is 23.5 Å². The van der Waals surface area contributed by atoms with Crippen LogP contribution in [0.15, 0.2) is 23.2 Å². The average Bonchev–Trinajstić information content (AvgIpc) is 2.75. The van der Waals surface area contributed by atoms with Crippen molar-refractivity contribution in [3.8, 4) is 23.6 Å². The van der Waals surface area contributed by atoms with Crippen LogP contribution in [0.25, 0.3) is 0 Å². The number of nitrogens with two attached hydrogens (primary N) is 1. The number of aromatic amines is 1. The van der Waals surface area contributed by atoms with Crippen LogP contribution in [-0.4, -0.2) is 37.3 Å². The molecule has 2 aromatic rings. The van der Waals surface area contributed by atoms with Crippen molar-refractivity contribution in [3.63, 3.8) is 0 Å². The molecule has 3 rings (SSSR count). The highest BCUT2D eigenvalue weighted by Crippen LogP contribution is 2.33. The lowest BCUT2D eigenvalue weighted by Gasteiger charge is -2.29. The standard InChI is InChI=1S/C20H19N5O3S/c1-27-16-6-12-3-4-25(10-15(12)7-17(16)28-2)18(26)11-29-20-14(9-22)5-13(8-21)19(23)24-20/h5-7H,3-4,10-11H2,1-2H3,(H2,23,24)/p+1. The summed E-state index contributed by atoms with van der Waals surface area (Å²) in [5.41, 5.74) is 8.45. The fourth-order valence-corrected chi connectivity index (χ4v) is 4.05. The van der Waals surface area contributed by atoms with Gasteiger partial charge in [-0.3, -0.25) is 10.5 Å². The number of methoxy groups -OCH3 is 2. The van der Waals surface area contributed by atoms with Crippen LogP contribution < -0.4 is 20.2 Å². The van der Waals surface area contributed by atoms with Crippen LogP contribution in [0.2, 0.25) is 0 Å². The highest BCUT2D eigenvalue weighted by molar-refractivity contribution is 7.99. The van der Waals surface area contributed by atoms with Crippen molar-refractivity contribution in [2.75, 3.05) is 32.3 Å². The smallest absolute Gasteiger partial charge is 0.289 e. The summed E-state index contributed by atoms with van der Waals surface area (Å²) in [5.74, 6) is 1.60. The van der Waals surface area contributed by atoms with E-state index in [4.69, 9.17) is 20.5 Å². The minimum atomic E-state index is -0.0457. The summed E-state index contributed by atoms with van der Waals surface area (Å²) in [5, 5.41) is 18.8. The molecule has 0 atom stereocenters. The summed E-state index contributed by atoms with van der Waals surface area (Å²) in [6.07, 6.45) is 0.728. The second-order valence-corrected chi connectivity index (χ2v) is 7.38. The SMILES string of the molecule is COc1cc2c(cc1OC)CN(C(=O)CSc1[nH+]c(N)c(C#N)cc1C#N)CC2. The van der Waals surface area contributed by atoms with E-state index in [9.17, 15) is 10.1 Å². The second kappa shape index (κ2) is 8.72. The molecule has 0 spiro atoms. The lowest BCUT2D eigenvalue weighted by molar-refractivity contribution is -0.410. The monoisotopic (exact) mass is 410 g/mol. The van der Waals surface area contributed by atoms with Crippen molar-refractivity contribution < 1.29 is 19.3 Å². The third-order valence-electron chi connectivity index (χ3n) is 4.72. The molecule has 9 heteroatoms. The van der Waals surface area contributed by atoms with Crippen LogP contribution in [-0.2, 0) is 17.8 Å². The molecular weight excluding hydrogens is 390 g/mol. The van der Waals surface area contributed by atoms with E-state index in [1.807, 2.05) is 24.3 Å². The Balaban J connectivity index is 1.71. The predicted molar refractivity (Wildman–Crippen MR) is 106 cm³/mol. The number of carbonyl (C=O) groups excluding carboxylic acids is 1. The Hall–Kier alpha value is -3.43. The van der Waals surface area contributed by atoms with Gasteiger partial charge in [0.2, 0.25) is 5.91 Å². The first-order valence-electron chi connectivity index (χ1n) is 8.81. The van der Waals surface area contributed by atoms with Gasteiger partial charge in [-0.25, -0.2) is 4.98 Å². The maximum atomic E-state index is 12.7. The molecule has 0 aliphatic carbocycles. The summed E-state index contributed by atoms with van der Waals surface area (Å²) in [4.78, 5) is 17.4. The molecule has 29 heavy (non-hydrogen) atoms. The number of anilines is 1. The molecule has 1 amide bonds. The van der Waals surface area contributed by atoms with E-state index in [1.165, 1.54) is 17.8 Å². The quantitative estimate of drug-likeness (QED) is 0.740. The van der Waals surface area contributed by atoms with E-state index >= 15 is 0 Å². The molecule has 1 aromatic carbocycles. The molecule has 0 saturated carbocycles. The van der Waals surface area contributed by atoms with Gasteiger partial charge >= 0.3 is 0 Å². The van der Waals surface area contributed by atoms with Crippen molar-refractivity contribution in [1.29, 1.82) is 10.5 Å². The second-order valence-electron chi connectivity index (χ2n) is 6.39. The molecule has 0 unspecified atom stereocenters. The first kappa shape index (κ1) is 20.3. The minimum Gasteiger partial charge on any atom is -0.493 e. The van der Waals surface area contributed by atoms with Gasteiger partial charge in [-0.15, -0.1) is 0 Å². The van der Waals surface area contributed by atoms with E-state index in [2.05, 4.69) is 4.98 Å². The number of hydrogen-bond donors (Lipinski definition) is 1. The topological polar surface area (TPSA) is 127 Å². The molecule has 148 valence electrons. The number of nitrogens with zero attached hydrogens (tertiary/aromatic N) is 3. The molecular formula is C20H20N5O3S+. The predicted octanol–water partition coefficient (Wildman–Crippen LogP) is 1.52. The zero-order chi connectivity index (χ0) is 21.0. The van der Waals surface area contributed by atoms with Crippen molar-refractivity contribution in [3.05, 3.63) is 40.5 Å². The minimum absolute atomic E-state index is 0.0457. The van der Waals surface area contributed by atoms with Crippen molar-refractivity contribution in [2.24, 2.45) is 0 Å².